The normalized spacial score (nSPS) is 20.8. The monoisotopic (exact) mass is 366 g/mol. The van der Waals surface area contributed by atoms with Crippen LogP contribution in [0.2, 0.25) is 0 Å². The summed E-state index contributed by atoms with van der Waals surface area (Å²) in [4.78, 5) is 15.1. The highest BCUT2D eigenvalue weighted by Crippen LogP contribution is 2.32. The molecule has 140 valence electrons. The van der Waals surface area contributed by atoms with Crippen LogP contribution in [0.3, 0.4) is 0 Å². The van der Waals surface area contributed by atoms with Crippen molar-refractivity contribution in [1.82, 2.24) is 10.2 Å². The summed E-state index contributed by atoms with van der Waals surface area (Å²) in [5.41, 5.74) is 0. The molecule has 1 unspecified atom stereocenters. The number of hydrogen-bond acceptors (Lipinski definition) is 4. The van der Waals surface area contributed by atoms with Crippen LogP contribution in [-0.2, 0) is 4.74 Å². The molecule has 2 amide bonds. The highest BCUT2D eigenvalue weighted by atomic mass is 32.1. The zero-order chi connectivity index (χ0) is 17.5. The third-order valence-electron chi connectivity index (χ3n) is 5.36. The Hall–Kier alpha value is -1.11. The fourth-order valence-electron chi connectivity index (χ4n) is 3.79. The van der Waals surface area contributed by atoms with Gasteiger partial charge in [-0.15, -0.1) is 11.3 Å². The van der Waals surface area contributed by atoms with Crippen LogP contribution in [0.5, 0.6) is 0 Å². The van der Waals surface area contributed by atoms with Gasteiger partial charge >= 0.3 is 6.03 Å². The van der Waals surface area contributed by atoms with Gasteiger partial charge in [-0.1, -0.05) is 18.9 Å². The fourth-order valence-corrected chi connectivity index (χ4v) is 4.60. The summed E-state index contributed by atoms with van der Waals surface area (Å²) in [7, 11) is 0. The van der Waals surface area contributed by atoms with E-state index in [0.29, 0.717) is 12.6 Å². The van der Waals surface area contributed by atoms with Crippen molar-refractivity contribution < 1.29 is 14.6 Å². The third kappa shape index (κ3) is 5.43. The van der Waals surface area contributed by atoms with Crippen LogP contribution in [-0.4, -0.2) is 48.4 Å². The van der Waals surface area contributed by atoms with Crippen molar-refractivity contribution in [1.29, 1.82) is 0 Å². The second kappa shape index (κ2) is 9.55. The first-order valence-electron chi connectivity index (χ1n) is 9.60. The SMILES string of the molecule is O=C(NCCCOC1CCCC1)N1CCC(C(O)c2cccs2)CC1. The number of carbonyl (C=O) groups is 1. The van der Waals surface area contributed by atoms with Gasteiger partial charge in [-0.05, 0) is 49.5 Å². The van der Waals surface area contributed by atoms with E-state index in [1.54, 1.807) is 11.3 Å². The number of carbonyl (C=O) groups excluding carboxylic acids is 1. The average molecular weight is 367 g/mol. The van der Waals surface area contributed by atoms with E-state index in [9.17, 15) is 9.90 Å². The maximum Gasteiger partial charge on any atom is 0.317 e. The average Bonchev–Trinajstić information content (AvgIpc) is 3.34. The number of piperidine rings is 1. The van der Waals surface area contributed by atoms with E-state index in [4.69, 9.17) is 4.74 Å². The smallest absolute Gasteiger partial charge is 0.317 e. The van der Waals surface area contributed by atoms with Gasteiger partial charge in [0.25, 0.3) is 0 Å². The molecular weight excluding hydrogens is 336 g/mol. The standard InChI is InChI=1S/C19H30N2O3S/c22-18(17-7-3-14-25-17)15-8-11-21(12-9-15)19(23)20-10-4-13-24-16-5-1-2-6-16/h3,7,14-16,18,22H,1-2,4-6,8-13H2,(H,20,23). The maximum atomic E-state index is 12.2. The number of hydrogen-bond donors (Lipinski definition) is 2. The van der Waals surface area contributed by atoms with Crippen LogP contribution >= 0.6 is 11.3 Å². The minimum Gasteiger partial charge on any atom is -0.387 e. The molecule has 0 radical (unpaired) electrons. The Morgan fingerprint density at radius 1 is 1.32 bits per heavy atom. The van der Waals surface area contributed by atoms with Gasteiger partial charge in [0.1, 0.15) is 0 Å². The number of aliphatic hydroxyl groups is 1. The van der Waals surface area contributed by atoms with Gasteiger partial charge in [0, 0.05) is 31.1 Å². The lowest BCUT2D eigenvalue weighted by Crippen LogP contribution is -2.45. The number of thiophene rings is 1. The van der Waals surface area contributed by atoms with E-state index in [2.05, 4.69) is 5.32 Å². The Morgan fingerprint density at radius 3 is 2.76 bits per heavy atom. The molecule has 5 nitrogen and oxygen atoms in total. The number of nitrogens with one attached hydrogen (secondary N) is 1. The summed E-state index contributed by atoms with van der Waals surface area (Å²) in [6, 6.07) is 3.98. The summed E-state index contributed by atoms with van der Waals surface area (Å²) < 4.78 is 5.81. The molecule has 1 aromatic heterocycles. The van der Waals surface area contributed by atoms with Gasteiger partial charge in [-0.25, -0.2) is 4.79 Å². The van der Waals surface area contributed by atoms with Crippen molar-refractivity contribution in [2.75, 3.05) is 26.2 Å². The molecule has 25 heavy (non-hydrogen) atoms. The largest absolute Gasteiger partial charge is 0.387 e. The van der Waals surface area contributed by atoms with Gasteiger partial charge < -0.3 is 20.1 Å². The molecule has 1 saturated heterocycles. The number of amides is 2. The van der Waals surface area contributed by atoms with Crippen molar-refractivity contribution in [3.63, 3.8) is 0 Å². The van der Waals surface area contributed by atoms with Gasteiger partial charge in [-0.3, -0.25) is 0 Å². The van der Waals surface area contributed by atoms with Gasteiger partial charge in [-0.2, -0.15) is 0 Å². The number of likely N-dealkylation sites (tertiary alicyclic amines) is 1. The lowest BCUT2D eigenvalue weighted by atomic mass is 9.90. The minimum absolute atomic E-state index is 0.0185. The van der Waals surface area contributed by atoms with Crippen molar-refractivity contribution in [3.8, 4) is 0 Å². The minimum atomic E-state index is -0.391. The summed E-state index contributed by atoms with van der Waals surface area (Å²) in [6.07, 6.45) is 7.61. The van der Waals surface area contributed by atoms with Crippen molar-refractivity contribution in [2.45, 2.75) is 57.2 Å². The lowest BCUT2D eigenvalue weighted by molar-refractivity contribution is 0.0562. The highest BCUT2D eigenvalue weighted by Gasteiger charge is 2.28. The van der Waals surface area contributed by atoms with Crippen molar-refractivity contribution >= 4 is 17.4 Å². The van der Waals surface area contributed by atoms with E-state index >= 15 is 0 Å². The quantitative estimate of drug-likeness (QED) is 0.726. The Morgan fingerprint density at radius 2 is 2.08 bits per heavy atom. The van der Waals surface area contributed by atoms with Crippen molar-refractivity contribution in [3.05, 3.63) is 22.4 Å². The molecule has 1 atom stereocenters. The number of ether oxygens (including phenoxy) is 1. The Kier molecular flexibility index (Phi) is 7.13. The van der Waals surface area contributed by atoms with Gasteiger partial charge in [0.05, 0.1) is 12.2 Å². The second-order valence-electron chi connectivity index (χ2n) is 7.15. The number of urea groups is 1. The van der Waals surface area contributed by atoms with Gasteiger partial charge in [0.15, 0.2) is 0 Å². The molecule has 2 fully saturated rings. The van der Waals surface area contributed by atoms with Crippen molar-refractivity contribution in [2.24, 2.45) is 5.92 Å². The molecule has 1 saturated carbocycles. The zero-order valence-electron chi connectivity index (χ0n) is 14.9. The topological polar surface area (TPSA) is 61.8 Å². The summed E-state index contributed by atoms with van der Waals surface area (Å²) in [5, 5.41) is 15.4. The summed E-state index contributed by atoms with van der Waals surface area (Å²) in [5.74, 6) is 0.252. The predicted octanol–water partition coefficient (Wildman–Crippen LogP) is 3.55. The molecule has 2 heterocycles. The van der Waals surface area contributed by atoms with Crippen LogP contribution in [0.1, 0.15) is 55.9 Å². The first-order chi connectivity index (χ1) is 12.2. The Balaban J connectivity index is 1.29. The molecule has 6 heteroatoms. The van der Waals surface area contributed by atoms with E-state index in [1.807, 2.05) is 22.4 Å². The van der Waals surface area contributed by atoms with E-state index in [1.165, 1.54) is 25.7 Å². The molecule has 2 aliphatic rings. The Bertz CT molecular complexity index is 509. The number of rotatable bonds is 7. The molecule has 1 aliphatic carbocycles. The van der Waals surface area contributed by atoms with Crippen LogP contribution in [0.15, 0.2) is 17.5 Å². The van der Waals surface area contributed by atoms with Crippen LogP contribution < -0.4 is 5.32 Å². The molecule has 1 aliphatic heterocycles. The number of aliphatic hydroxyl groups excluding tert-OH is 1. The van der Waals surface area contributed by atoms with Crippen LogP contribution in [0.4, 0.5) is 4.79 Å². The van der Waals surface area contributed by atoms with Crippen LogP contribution in [0, 0.1) is 5.92 Å². The highest BCUT2D eigenvalue weighted by molar-refractivity contribution is 7.10. The molecule has 3 rings (SSSR count). The number of nitrogens with zero attached hydrogens (tertiary/aromatic N) is 1. The predicted molar refractivity (Wildman–Crippen MR) is 99.8 cm³/mol. The first kappa shape index (κ1) is 18.7. The second-order valence-corrected chi connectivity index (χ2v) is 8.13. The molecule has 0 aromatic carbocycles. The molecule has 0 bridgehead atoms. The lowest BCUT2D eigenvalue weighted by Gasteiger charge is -2.34. The third-order valence-corrected chi connectivity index (χ3v) is 6.30. The summed E-state index contributed by atoms with van der Waals surface area (Å²) >= 11 is 1.60. The molecule has 1 aromatic rings. The fraction of sp³-hybridized carbons (Fsp3) is 0.737. The maximum absolute atomic E-state index is 12.2. The summed E-state index contributed by atoms with van der Waals surface area (Å²) in [6.45, 7) is 2.85. The van der Waals surface area contributed by atoms with E-state index in [-0.39, 0.29) is 11.9 Å². The van der Waals surface area contributed by atoms with E-state index in [0.717, 1.165) is 43.8 Å². The Labute approximate surface area is 154 Å². The van der Waals surface area contributed by atoms with E-state index < -0.39 is 6.10 Å². The first-order valence-corrected chi connectivity index (χ1v) is 10.5. The zero-order valence-corrected chi connectivity index (χ0v) is 15.7. The molecule has 0 spiro atoms. The molecular formula is C19H30N2O3S. The van der Waals surface area contributed by atoms with Gasteiger partial charge in [0.2, 0.25) is 0 Å². The molecule has 2 N–H and O–H groups in total. The van der Waals surface area contributed by atoms with Crippen LogP contribution in [0.25, 0.3) is 0 Å².